The van der Waals surface area contributed by atoms with Gasteiger partial charge in [0.2, 0.25) is 0 Å². The maximum absolute atomic E-state index is 14.3. The zero-order valence-corrected chi connectivity index (χ0v) is 29.2. The Labute approximate surface area is 290 Å². The minimum atomic E-state index is -0.759. The lowest BCUT2D eigenvalue weighted by Gasteiger charge is -2.35. The van der Waals surface area contributed by atoms with E-state index in [1.807, 2.05) is 43.3 Å². The molecule has 8 heteroatoms. The molecule has 2 saturated heterocycles. The van der Waals surface area contributed by atoms with Crippen LogP contribution in [0.25, 0.3) is 0 Å². The van der Waals surface area contributed by atoms with Crippen molar-refractivity contribution in [1.29, 1.82) is 0 Å². The van der Waals surface area contributed by atoms with E-state index < -0.39 is 12.0 Å². The van der Waals surface area contributed by atoms with Gasteiger partial charge in [-0.25, -0.2) is 4.39 Å². The van der Waals surface area contributed by atoms with Gasteiger partial charge in [0.05, 0.1) is 5.69 Å². The monoisotopic (exact) mass is 666 g/mol. The van der Waals surface area contributed by atoms with Crippen LogP contribution in [0.5, 0.6) is 5.75 Å². The van der Waals surface area contributed by atoms with Gasteiger partial charge in [0.1, 0.15) is 24.2 Å². The summed E-state index contributed by atoms with van der Waals surface area (Å²) in [4.78, 5) is 17.1. The number of carboxylic acids is 1. The lowest BCUT2D eigenvalue weighted by Crippen LogP contribution is -2.45. The smallest absolute Gasteiger partial charge is 0.321 e. The zero-order chi connectivity index (χ0) is 34.3. The molecule has 2 aliphatic rings. The number of benzene rings is 3. The average molecular weight is 667 g/mol. The van der Waals surface area contributed by atoms with Crippen LogP contribution in [-0.4, -0.2) is 69.4 Å². The topological polar surface area (TPSA) is 70.8 Å². The summed E-state index contributed by atoms with van der Waals surface area (Å²) in [5.74, 6) is 0.720. The first kappa shape index (κ1) is 34.8. The van der Waals surface area contributed by atoms with E-state index in [0.29, 0.717) is 25.6 Å². The standard InChI is InChI=1S/C41H51FN4O3/c1-4-29(3)40(41(47)48)45-26-34(38(27-45)33-12-9-13-35(42)23-33)25-44-20-18-32(19-21-44)39-24-36(43-46(39)5-2)22-30-14-16-37(17-15-30)49-28-31-10-7-6-8-11-31/h6-17,23-24,29,32,34,38,40H,4-5,18-22,25-28H2,1-3H3,(H,47,48)/t29-,34+,38-,40-/m1/s1. The van der Waals surface area contributed by atoms with Crippen LogP contribution in [0.1, 0.15) is 79.9 Å². The van der Waals surface area contributed by atoms with Gasteiger partial charge in [-0.15, -0.1) is 0 Å². The van der Waals surface area contributed by atoms with Gasteiger partial charge in [0, 0.05) is 50.1 Å². The summed E-state index contributed by atoms with van der Waals surface area (Å²) in [5, 5.41) is 15.1. The second-order valence-corrected chi connectivity index (χ2v) is 14.1. The molecule has 3 heterocycles. The lowest BCUT2D eigenvalue weighted by molar-refractivity contribution is -0.145. The third kappa shape index (κ3) is 8.60. The van der Waals surface area contributed by atoms with E-state index >= 15 is 0 Å². The molecule has 2 fully saturated rings. The van der Waals surface area contributed by atoms with Crippen LogP contribution in [0.2, 0.25) is 0 Å². The predicted molar refractivity (Wildman–Crippen MR) is 191 cm³/mol. The quantitative estimate of drug-likeness (QED) is 0.150. The summed E-state index contributed by atoms with van der Waals surface area (Å²) in [6.45, 7) is 11.9. The molecule has 49 heavy (non-hydrogen) atoms. The van der Waals surface area contributed by atoms with E-state index in [2.05, 4.69) is 58.7 Å². The zero-order valence-electron chi connectivity index (χ0n) is 29.2. The van der Waals surface area contributed by atoms with E-state index in [1.54, 1.807) is 12.1 Å². The van der Waals surface area contributed by atoms with E-state index in [9.17, 15) is 14.3 Å². The first-order chi connectivity index (χ1) is 23.8. The van der Waals surface area contributed by atoms with Gasteiger partial charge in [-0.2, -0.15) is 5.10 Å². The Morgan fingerprint density at radius 2 is 1.71 bits per heavy atom. The van der Waals surface area contributed by atoms with Gasteiger partial charge >= 0.3 is 5.97 Å². The van der Waals surface area contributed by atoms with Gasteiger partial charge in [-0.3, -0.25) is 14.4 Å². The second-order valence-electron chi connectivity index (χ2n) is 14.1. The van der Waals surface area contributed by atoms with E-state index in [1.165, 1.54) is 17.3 Å². The molecule has 4 aromatic rings. The summed E-state index contributed by atoms with van der Waals surface area (Å²) in [6, 6.07) is 27.2. The Balaban J connectivity index is 1.07. The minimum Gasteiger partial charge on any atom is -0.489 e. The summed E-state index contributed by atoms with van der Waals surface area (Å²) in [5.41, 5.74) is 5.76. The second kappa shape index (κ2) is 16.1. The number of rotatable bonds is 14. The third-order valence-corrected chi connectivity index (χ3v) is 10.8. The SMILES string of the molecule is CC[C@@H](C)[C@H](C(=O)O)N1C[C@H](CN2CCC(c3cc(Cc4ccc(OCc5ccccc5)cc4)nn3CC)CC2)[C@@H](c2cccc(F)c2)C1. The number of aliphatic carboxylic acids is 1. The molecule has 3 aromatic carbocycles. The molecule has 0 aliphatic carbocycles. The van der Waals surface area contributed by atoms with E-state index in [-0.39, 0.29) is 23.6 Å². The van der Waals surface area contributed by atoms with Crippen molar-refractivity contribution in [1.82, 2.24) is 19.6 Å². The molecular formula is C41H51FN4O3. The summed E-state index contributed by atoms with van der Waals surface area (Å²) < 4.78 is 22.5. The van der Waals surface area contributed by atoms with Crippen molar-refractivity contribution in [3.8, 4) is 5.75 Å². The highest BCUT2D eigenvalue weighted by atomic mass is 19.1. The molecular weight excluding hydrogens is 615 g/mol. The number of nitrogens with zero attached hydrogens (tertiary/aromatic N) is 4. The van der Waals surface area contributed by atoms with E-state index in [0.717, 1.165) is 74.4 Å². The molecule has 0 unspecified atom stereocenters. The van der Waals surface area contributed by atoms with Crippen LogP contribution >= 0.6 is 0 Å². The maximum Gasteiger partial charge on any atom is 0.321 e. The number of piperidine rings is 1. The molecule has 1 N–H and O–H groups in total. The van der Waals surface area contributed by atoms with Crippen molar-refractivity contribution in [2.45, 2.75) is 77.5 Å². The highest BCUT2D eigenvalue weighted by Gasteiger charge is 2.42. The van der Waals surface area contributed by atoms with Crippen molar-refractivity contribution < 1.29 is 19.0 Å². The maximum atomic E-state index is 14.3. The number of likely N-dealkylation sites (tertiary alicyclic amines) is 2. The Morgan fingerprint density at radius 1 is 0.959 bits per heavy atom. The van der Waals surface area contributed by atoms with Crippen LogP contribution in [0.3, 0.4) is 0 Å². The molecule has 0 radical (unpaired) electrons. The van der Waals surface area contributed by atoms with Crippen molar-refractivity contribution in [3.63, 3.8) is 0 Å². The normalized spacial score (nSPS) is 20.3. The largest absolute Gasteiger partial charge is 0.489 e. The summed E-state index contributed by atoms with van der Waals surface area (Å²) >= 11 is 0. The number of aryl methyl sites for hydroxylation is 1. The highest BCUT2D eigenvalue weighted by molar-refractivity contribution is 5.74. The van der Waals surface area contributed by atoms with Crippen LogP contribution in [-0.2, 0) is 24.4 Å². The highest BCUT2D eigenvalue weighted by Crippen LogP contribution is 2.38. The van der Waals surface area contributed by atoms with Crippen LogP contribution in [0.4, 0.5) is 4.39 Å². The van der Waals surface area contributed by atoms with Gasteiger partial charge in [0.15, 0.2) is 0 Å². The Bertz CT molecular complexity index is 1650. The van der Waals surface area contributed by atoms with Crippen LogP contribution < -0.4 is 4.74 Å². The number of halogens is 1. The van der Waals surface area contributed by atoms with Crippen LogP contribution in [0.15, 0.2) is 84.9 Å². The molecule has 0 saturated carbocycles. The first-order valence-electron chi connectivity index (χ1n) is 18.1. The molecule has 260 valence electrons. The number of aromatic nitrogens is 2. The molecule has 2 aliphatic heterocycles. The molecule has 0 spiro atoms. The number of hydrogen-bond acceptors (Lipinski definition) is 5. The van der Waals surface area contributed by atoms with Crippen LogP contribution in [0, 0.1) is 17.7 Å². The minimum absolute atomic E-state index is 0.0479. The van der Waals surface area contributed by atoms with Gasteiger partial charge < -0.3 is 14.7 Å². The van der Waals surface area contributed by atoms with Crippen molar-refractivity contribution in [2.24, 2.45) is 11.8 Å². The predicted octanol–water partition coefficient (Wildman–Crippen LogP) is 7.61. The average Bonchev–Trinajstić information content (AvgIpc) is 3.72. The van der Waals surface area contributed by atoms with Crippen molar-refractivity contribution >= 4 is 5.97 Å². The fourth-order valence-electron chi connectivity index (χ4n) is 7.97. The fraction of sp³-hybridized carbons (Fsp3) is 0.463. The lowest BCUT2D eigenvalue weighted by atomic mass is 9.87. The summed E-state index contributed by atoms with van der Waals surface area (Å²) in [6.07, 6.45) is 3.71. The Kier molecular flexibility index (Phi) is 11.5. The third-order valence-electron chi connectivity index (χ3n) is 10.8. The Hall–Kier alpha value is -4.01. The van der Waals surface area contributed by atoms with Crippen molar-refractivity contribution in [2.75, 3.05) is 32.7 Å². The Morgan fingerprint density at radius 3 is 2.39 bits per heavy atom. The van der Waals surface area contributed by atoms with Gasteiger partial charge in [-0.05, 0) is 91.7 Å². The van der Waals surface area contributed by atoms with Gasteiger partial charge in [-0.1, -0.05) is 74.9 Å². The number of carboxylic acid groups (broad SMARTS) is 1. The molecule has 0 amide bonds. The molecule has 7 nitrogen and oxygen atoms in total. The molecule has 0 bridgehead atoms. The van der Waals surface area contributed by atoms with Gasteiger partial charge in [0.25, 0.3) is 0 Å². The molecule has 6 rings (SSSR count). The molecule has 1 aromatic heterocycles. The fourth-order valence-corrected chi connectivity index (χ4v) is 7.97. The number of ether oxygens (including phenoxy) is 1. The first-order valence-corrected chi connectivity index (χ1v) is 18.1. The van der Waals surface area contributed by atoms with Crippen molar-refractivity contribution in [3.05, 3.63) is 119 Å². The summed E-state index contributed by atoms with van der Waals surface area (Å²) in [7, 11) is 0. The number of carbonyl (C=O) groups is 1. The number of hydrogen-bond donors (Lipinski definition) is 1. The van der Waals surface area contributed by atoms with E-state index in [4.69, 9.17) is 9.84 Å². The molecule has 4 atom stereocenters.